The first-order valence-electron chi connectivity index (χ1n) is 11.3. The highest BCUT2D eigenvalue weighted by atomic mass is 16.3. The Morgan fingerprint density at radius 3 is 2.29 bits per heavy atom. The molecule has 170 valence electrons. The number of phenols is 1. The lowest BCUT2D eigenvalue weighted by Gasteiger charge is -2.31. The molecule has 5 rings (SSSR count). The summed E-state index contributed by atoms with van der Waals surface area (Å²) in [6.07, 6.45) is 3.11. The van der Waals surface area contributed by atoms with E-state index in [0.717, 1.165) is 16.9 Å². The van der Waals surface area contributed by atoms with Gasteiger partial charge in [0.25, 0.3) is 5.91 Å². The number of aromatic hydroxyl groups is 1. The molecule has 1 aliphatic heterocycles. The van der Waals surface area contributed by atoms with E-state index < -0.39 is 0 Å². The second-order valence-electron chi connectivity index (χ2n) is 8.44. The number of para-hydroxylation sites is 1. The van der Waals surface area contributed by atoms with Crippen LogP contribution >= 0.6 is 0 Å². The average Bonchev–Trinajstić information content (AvgIpc) is 3.39. The molecule has 34 heavy (non-hydrogen) atoms. The molecular weight excluding hydrogens is 428 g/mol. The Kier molecular flexibility index (Phi) is 5.91. The molecule has 0 unspecified atom stereocenters. The number of rotatable bonds is 5. The number of benzene rings is 3. The number of likely N-dealkylation sites (tertiary alicyclic amines) is 1. The van der Waals surface area contributed by atoms with E-state index in [9.17, 15) is 14.7 Å². The van der Waals surface area contributed by atoms with Crippen LogP contribution in [-0.2, 0) is 0 Å². The van der Waals surface area contributed by atoms with Gasteiger partial charge >= 0.3 is 0 Å². The third-order valence-electron chi connectivity index (χ3n) is 6.23. The number of ketones is 1. The maximum absolute atomic E-state index is 13.1. The molecular formula is C27H24N4O3. The van der Waals surface area contributed by atoms with Gasteiger partial charge in [-0.1, -0.05) is 53.7 Å². The van der Waals surface area contributed by atoms with Gasteiger partial charge in [0.1, 0.15) is 11.4 Å². The molecule has 7 heteroatoms. The van der Waals surface area contributed by atoms with Crippen LogP contribution in [0, 0.1) is 5.92 Å². The highest BCUT2D eigenvalue weighted by Crippen LogP contribution is 2.25. The molecule has 4 aromatic rings. The zero-order valence-corrected chi connectivity index (χ0v) is 18.5. The SMILES string of the molecule is O=C(c1ccc(-c2cn(-c3ccccc3)nn2)cc1)C1CCN(C(=O)c2cccc(O)c2)CC1. The summed E-state index contributed by atoms with van der Waals surface area (Å²) >= 11 is 0. The second kappa shape index (κ2) is 9.31. The summed E-state index contributed by atoms with van der Waals surface area (Å²) in [6, 6.07) is 23.6. The topological polar surface area (TPSA) is 88.3 Å². The molecule has 1 saturated heterocycles. The Hall–Kier alpha value is -4.26. The van der Waals surface area contributed by atoms with Crippen LogP contribution in [0.1, 0.15) is 33.6 Å². The van der Waals surface area contributed by atoms with Crippen LogP contribution in [0.3, 0.4) is 0 Å². The minimum absolute atomic E-state index is 0.0713. The van der Waals surface area contributed by atoms with Crippen molar-refractivity contribution in [2.24, 2.45) is 5.92 Å². The quantitative estimate of drug-likeness (QED) is 0.454. The molecule has 1 fully saturated rings. The number of hydrogen-bond acceptors (Lipinski definition) is 5. The van der Waals surface area contributed by atoms with Gasteiger partial charge in [-0.2, -0.15) is 0 Å². The van der Waals surface area contributed by atoms with Gasteiger partial charge in [-0.15, -0.1) is 5.10 Å². The molecule has 1 aromatic heterocycles. The maximum atomic E-state index is 13.1. The van der Waals surface area contributed by atoms with E-state index in [-0.39, 0.29) is 23.4 Å². The number of hydrogen-bond donors (Lipinski definition) is 1. The summed E-state index contributed by atoms with van der Waals surface area (Å²) in [7, 11) is 0. The summed E-state index contributed by atoms with van der Waals surface area (Å²) < 4.78 is 1.72. The number of phenolic OH excluding ortho intramolecular Hbond substituents is 1. The number of carbonyl (C=O) groups excluding carboxylic acids is 2. The fourth-order valence-corrected chi connectivity index (χ4v) is 4.31. The highest BCUT2D eigenvalue weighted by molar-refractivity contribution is 5.99. The summed E-state index contributed by atoms with van der Waals surface area (Å²) in [4.78, 5) is 27.5. The smallest absolute Gasteiger partial charge is 0.253 e. The third-order valence-corrected chi connectivity index (χ3v) is 6.23. The highest BCUT2D eigenvalue weighted by Gasteiger charge is 2.28. The first-order chi connectivity index (χ1) is 16.6. The van der Waals surface area contributed by atoms with Crippen molar-refractivity contribution in [3.8, 4) is 22.7 Å². The van der Waals surface area contributed by atoms with Gasteiger partial charge in [0.15, 0.2) is 5.78 Å². The fourth-order valence-electron chi connectivity index (χ4n) is 4.31. The maximum Gasteiger partial charge on any atom is 0.253 e. The van der Waals surface area contributed by atoms with Gasteiger partial charge in [0.2, 0.25) is 0 Å². The van der Waals surface area contributed by atoms with E-state index in [1.165, 1.54) is 6.07 Å². The van der Waals surface area contributed by atoms with Crippen molar-refractivity contribution < 1.29 is 14.7 Å². The van der Waals surface area contributed by atoms with E-state index in [2.05, 4.69) is 10.3 Å². The zero-order valence-electron chi connectivity index (χ0n) is 18.5. The number of amides is 1. The summed E-state index contributed by atoms with van der Waals surface area (Å²) in [5.41, 5.74) is 3.69. The first kappa shape index (κ1) is 21.6. The minimum Gasteiger partial charge on any atom is -0.508 e. The number of piperidine rings is 1. The molecule has 2 heterocycles. The Morgan fingerprint density at radius 1 is 0.853 bits per heavy atom. The Morgan fingerprint density at radius 2 is 1.59 bits per heavy atom. The zero-order chi connectivity index (χ0) is 23.5. The molecule has 0 aliphatic carbocycles. The van der Waals surface area contributed by atoms with E-state index in [0.29, 0.717) is 37.1 Å². The first-order valence-corrected chi connectivity index (χ1v) is 11.3. The Labute approximate surface area is 197 Å². The lowest BCUT2D eigenvalue weighted by Crippen LogP contribution is -2.40. The van der Waals surface area contributed by atoms with Crippen molar-refractivity contribution in [1.29, 1.82) is 0 Å². The molecule has 0 saturated carbocycles. The van der Waals surface area contributed by atoms with Gasteiger partial charge in [-0.3, -0.25) is 9.59 Å². The normalized spacial score (nSPS) is 14.2. The summed E-state index contributed by atoms with van der Waals surface area (Å²) in [6.45, 7) is 1.04. The molecule has 7 nitrogen and oxygen atoms in total. The van der Waals surface area contributed by atoms with Crippen LogP contribution in [0.15, 0.2) is 85.1 Å². The standard InChI is InChI=1S/C27H24N4O3/c32-24-8-4-5-22(17-24)27(34)30-15-13-21(14-16-30)26(33)20-11-9-19(10-12-20)25-18-31(29-28-25)23-6-2-1-3-7-23/h1-12,17-18,21,32H,13-16H2. The van der Waals surface area contributed by atoms with Crippen molar-refractivity contribution in [3.05, 3.63) is 96.2 Å². The summed E-state index contributed by atoms with van der Waals surface area (Å²) in [5, 5.41) is 18.1. The molecule has 1 N–H and O–H groups in total. The molecule has 0 atom stereocenters. The van der Waals surface area contributed by atoms with E-state index in [1.54, 1.807) is 27.8 Å². The van der Waals surface area contributed by atoms with Crippen molar-refractivity contribution in [2.75, 3.05) is 13.1 Å². The van der Waals surface area contributed by atoms with Crippen molar-refractivity contribution >= 4 is 11.7 Å². The lowest BCUT2D eigenvalue weighted by molar-refractivity contribution is 0.0650. The molecule has 1 amide bonds. The third kappa shape index (κ3) is 4.45. The number of aromatic nitrogens is 3. The Bertz CT molecular complexity index is 1310. The lowest BCUT2D eigenvalue weighted by atomic mass is 9.88. The number of nitrogens with zero attached hydrogens (tertiary/aromatic N) is 4. The predicted molar refractivity (Wildman–Crippen MR) is 128 cm³/mol. The van der Waals surface area contributed by atoms with Gasteiger partial charge in [-0.05, 0) is 43.2 Å². The molecule has 0 bridgehead atoms. The predicted octanol–water partition coefficient (Wildman–Crippen LogP) is 4.38. The largest absolute Gasteiger partial charge is 0.508 e. The van der Waals surface area contributed by atoms with Gasteiger partial charge in [0.05, 0.1) is 11.9 Å². The number of Topliss-reactive ketones (excluding diaryl/α,β-unsaturated/α-hetero) is 1. The van der Waals surface area contributed by atoms with E-state index >= 15 is 0 Å². The van der Waals surface area contributed by atoms with Crippen LogP contribution in [0.2, 0.25) is 0 Å². The van der Waals surface area contributed by atoms with E-state index in [4.69, 9.17) is 0 Å². The van der Waals surface area contributed by atoms with Gasteiger partial charge in [0, 0.05) is 35.7 Å². The van der Waals surface area contributed by atoms with Crippen molar-refractivity contribution in [2.45, 2.75) is 12.8 Å². The Balaban J connectivity index is 1.21. The number of carbonyl (C=O) groups is 2. The molecule has 1 aliphatic rings. The minimum atomic E-state index is -0.116. The van der Waals surface area contributed by atoms with Crippen molar-refractivity contribution in [1.82, 2.24) is 19.9 Å². The van der Waals surface area contributed by atoms with Gasteiger partial charge < -0.3 is 10.0 Å². The molecule has 0 radical (unpaired) electrons. The molecule has 0 spiro atoms. The van der Waals surface area contributed by atoms with Crippen LogP contribution in [0.25, 0.3) is 16.9 Å². The van der Waals surface area contributed by atoms with Crippen LogP contribution in [0.5, 0.6) is 5.75 Å². The summed E-state index contributed by atoms with van der Waals surface area (Å²) in [5.74, 6) is -0.0568. The van der Waals surface area contributed by atoms with Crippen molar-refractivity contribution in [3.63, 3.8) is 0 Å². The van der Waals surface area contributed by atoms with Crippen LogP contribution in [-0.4, -0.2) is 49.8 Å². The average molecular weight is 453 g/mol. The molecule has 3 aromatic carbocycles. The van der Waals surface area contributed by atoms with Crippen LogP contribution in [0.4, 0.5) is 0 Å². The monoisotopic (exact) mass is 452 g/mol. The van der Waals surface area contributed by atoms with Gasteiger partial charge in [-0.25, -0.2) is 4.68 Å². The van der Waals surface area contributed by atoms with Crippen LogP contribution < -0.4 is 0 Å². The van der Waals surface area contributed by atoms with E-state index in [1.807, 2.05) is 60.8 Å². The second-order valence-corrected chi connectivity index (χ2v) is 8.44. The fraction of sp³-hybridized carbons (Fsp3) is 0.185.